The highest BCUT2D eigenvalue weighted by molar-refractivity contribution is 6.35. The molecule has 0 heterocycles. The molecule has 106 valence electrons. The van der Waals surface area contributed by atoms with Gasteiger partial charge in [-0.25, -0.2) is 4.39 Å². The second-order valence-corrected chi connectivity index (χ2v) is 6.00. The topological polar surface area (TPSA) is 20.2 Å². The quantitative estimate of drug-likeness (QED) is 0.734. The number of rotatable bonds is 2. The summed E-state index contributed by atoms with van der Waals surface area (Å²) in [7, 11) is 0. The van der Waals surface area contributed by atoms with Gasteiger partial charge >= 0.3 is 0 Å². The molecule has 0 bridgehead atoms. The van der Waals surface area contributed by atoms with Crippen LogP contribution in [0.4, 0.5) is 4.39 Å². The van der Waals surface area contributed by atoms with Crippen LogP contribution in [0.5, 0.6) is 0 Å². The predicted molar refractivity (Wildman–Crippen MR) is 81.3 cm³/mol. The van der Waals surface area contributed by atoms with Gasteiger partial charge in [0.2, 0.25) is 0 Å². The maximum Gasteiger partial charge on any atom is 0.142 e. The smallest absolute Gasteiger partial charge is 0.142 e. The zero-order valence-electron chi connectivity index (χ0n) is 10.8. The molecule has 2 rings (SSSR count). The number of hydrogen-bond acceptors (Lipinski definition) is 1. The third-order valence-corrected chi connectivity index (χ3v) is 4.28. The van der Waals surface area contributed by atoms with Crippen LogP contribution in [0, 0.1) is 12.7 Å². The fourth-order valence-electron chi connectivity index (χ4n) is 1.95. The number of aryl methyl sites for hydroxylation is 1. The van der Waals surface area contributed by atoms with Crippen molar-refractivity contribution in [2.45, 2.75) is 19.4 Å². The van der Waals surface area contributed by atoms with Crippen molar-refractivity contribution in [3.8, 4) is 0 Å². The monoisotopic (exact) mass is 332 g/mol. The lowest BCUT2D eigenvalue weighted by molar-refractivity contribution is 0.102. The fourth-order valence-corrected chi connectivity index (χ4v) is 2.69. The van der Waals surface area contributed by atoms with Crippen molar-refractivity contribution in [2.24, 2.45) is 0 Å². The number of hydrogen-bond donors (Lipinski definition) is 1. The summed E-state index contributed by atoms with van der Waals surface area (Å²) >= 11 is 17.8. The normalized spacial score (nSPS) is 14.2. The Labute approximate surface area is 131 Å². The van der Waals surface area contributed by atoms with Crippen molar-refractivity contribution in [3.63, 3.8) is 0 Å². The van der Waals surface area contributed by atoms with Crippen LogP contribution in [0.15, 0.2) is 30.3 Å². The summed E-state index contributed by atoms with van der Waals surface area (Å²) in [5, 5.41) is 11.3. The van der Waals surface area contributed by atoms with E-state index < -0.39 is 11.4 Å². The molecule has 0 radical (unpaired) electrons. The highest BCUT2D eigenvalue weighted by Gasteiger charge is 2.29. The molecule has 2 aromatic rings. The first kappa shape index (κ1) is 15.6. The van der Waals surface area contributed by atoms with Gasteiger partial charge in [-0.15, -0.1) is 0 Å². The van der Waals surface area contributed by atoms with Crippen molar-refractivity contribution >= 4 is 34.8 Å². The summed E-state index contributed by atoms with van der Waals surface area (Å²) < 4.78 is 13.6. The van der Waals surface area contributed by atoms with Crippen LogP contribution < -0.4 is 0 Å². The standard InChI is InChI=1S/C15H12Cl3FO/c1-8-3-4-9(5-11(8)16)15(2,20)10-6-14(19)13(18)7-12(10)17/h3-7,20H,1-2H3. The third-order valence-electron chi connectivity index (χ3n) is 3.27. The van der Waals surface area contributed by atoms with Crippen LogP contribution in [0.25, 0.3) is 0 Å². The molecule has 20 heavy (non-hydrogen) atoms. The number of benzene rings is 2. The van der Waals surface area contributed by atoms with Gasteiger partial charge in [0.25, 0.3) is 0 Å². The largest absolute Gasteiger partial charge is 0.381 e. The second-order valence-electron chi connectivity index (χ2n) is 4.78. The van der Waals surface area contributed by atoms with Gasteiger partial charge in [0.1, 0.15) is 11.4 Å². The highest BCUT2D eigenvalue weighted by atomic mass is 35.5. The molecule has 5 heteroatoms. The minimum atomic E-state index is -1.47. The fraction of sp³-hybridized carbons (Fsp3) is 0.200. The second kappa shape index (κ2) is 5.53. The van der Waals surface area contributed by atoms with Gasteiger partial charge in [0, 0.05) is 15.6 Å². The van der Waals surface area contributed by atoms with Crippen LogP contribution in [0.2, 0.25) is 15.1 Å². The summed E-state index contributed by atoms with van der Waals surface area (Å²) in [5.41, 5.74) is 0.178. The molecule has 1 atom stereocenters. The Morgan fingerprint density at radius 2 is 1.65 bits per heavy atom. The average molecular weight is 334 g/mol. The van der Waals surface area contributed by atoms with E-state index in [-0.39, 0.29) is 15.6 Å². The minimum Gasteiger partial charge on any atom is -0.381 e. The molecular weight excluding hydrogens is 322 g/mol. The first-order chi connectivity index (χ1) is 9.23. The van der Waals surface area contributed by atoms with Crippen molar-refractivity contribution in [1.29, 1.82) is 0 Å². The zero-order chi connectivity index (χ0) is 15.1. The average Bonchev–Trinajstić information content (AvgIpc) is 2.36. The Kier molecular flexibility index (Phi) is 4.31. The SMILES string of the molecule is Cc1ccc(C(C)(O)c2cc(F)c(Cl)cc2Cl)cc1Cl. The maximum atomic E-state index is 13.6. The van der Waals surface area contributed by atoms with E-state index in [1.165, 1.54) is 13.0 Å². The lowest BCUT2D eigenvalue weighted by Gasteiger charge is -2.26. The van der Waals surface area contributed by atoms with Gasteiger partial charge < -0.3 is 5.11 Å². The Morgan fingerprint density at radius 3 is 2.25 bits per heavy atom. The summed E-state index contributed by atoms with van der Waals surface area (Å²) in [5.74, 6) is -0.635. The van der Waals surface area contributed by atoms with Gasteiger partial charge in [-0.2, -0.15) is 0 Å². The van der Waals surface area contributed by atoms with E-state index in [9.17, 15) is 9.50 Å². The molecule has 1 N–H and O–H groups in total. The molecule has 1 nitrogen and oxygen atoms in total. The van der Waals surface area contributed by atoms with E-state index in [4.69, 9.17) is 34.8 Å². The molecular formula is C15H12Cl3FO. The van der Waals surface area contributed by atoms with Crippen LogP contribution in [-0.4, -0.2) is 5.11 Å². The summed E-state index contributed by atoms with van der Waals surface area (Å²) in [6.07, 6.45) is 0. The van der Waals surface area contributed by atoms with Gasteiger partial charge in [0.15, 0.2) is 0 Å². The van der Waals surface area contributed by atoms with Crippen molar-refractivity contribution in [2.75, 3.05) is 0 Å². The minimum absolute atomic E-state index is 0.0866. The van der Waals surface area contributed by atoms with E-state index >= 15 is 0 Å². The zero-order valence-corrected chi connectivity index (χ0v) is 13.1. The summed E-state index contributed by atoms with van der Waals surface area (Å²) in [4.78, 5) is 0. The van der Waals surface area contributed by atoms with E-state index in [1.54, 1.807) is 18.2 Å². The van der Waals surface area contributed by atoms with Crippen LogP contribution >= 0.6 is 34.8 Å². The molecule has 0 aliphatic rings. The Morgan fingerprint density at radius 1 is 1.00 bits per heavy atom. The number of aliphatic hydroxyl groups is 1. The third kappa shape index (κ3) is 2.79. The van der Waals surface area contributed by atoms with Gasteiger partial charge in [-0.1, -0.05) is 46.9 Å². The van der Waals surface area contributed by atoms with E-state index in [1.807, 2.05) is 6.92 Å². The molecule has 0 spiro atoms. The Bertz CT molecular complexity index is 668. The molecule has 0 amide bonds. The van der Waals surface area contributed by atoms with Crippen LogP contribution in [-0.2, 0) is 5.60 Å². The summed E-state index contributed by atoms with van der Waals surface area (Å²) in [6, 6.07) is 7.56. The van der Waals surface area contributed by atoms with Gasteiger partial charge in [-0.3, -0.25) is 0 Å². The van der Waals surface area contributed by atoms with Crippen molar-refractivity contribution in [3.05, 3.63) is 67.9 Å². The van der Waals surface area contributed by atoms with E-state index in [0.29, 0.717) is 10.6 Å². The molecule has 1 unspecified atom stereocenters. The van der Waals surface area contributed by atoms with Crippen LogP contribution in [0.3, 0.4) is 0 Å². The molecule has 0 saturated carbocycles. The maximum absolute atomic E-state index is 13.6. The Balaban J connectivity index is 2.59. The van der Waals surface area contributed by atoms with Crippen LogP contribution in [0.1, 0.15) is 23.6 Å². The van der Waals surface area contributed by atoms with Crippen molar-refractivity contribution in [1.82, 2.24) is 0 Å². The number of halogens is 4. The van der Waals surface area contributed by atoms with E-state index in [2.05, 4.69) is 0 Å². The molecule has 2 aromatic carbocycles. The van der Waals surface area contributed by atoms with E-state index in [0.717, 1.165) is 11.6 Å². The van der Waals surface area contributed by atoms with Gasteiger partial charge in [-0.05, 0) is 43.2 Å². The lowest BCUT2D eigenvalue weighted by Crippen LogP contribution is -2.23. The molecule has 0 fully saturated rings. The predicted octanol–water partition coefficient (Wildman–Crippen LogP) is 5.35. The molecule has 0 aliphatic carbocycles. The first-order valence-electron chi connectivity index (χ1n) is 5.87. The first-order valence-corrected chi connectivity index (χ1v) is 7.01. The van der Waals surface area contributed by atoms with Crippen molar-refractivity contribution < 1.29 is 9.50 Å². The lowest BCUT2D eigenvalue weighted by atomic mass is 9.87. The highest BCUT2D eigenvalue weighted by Crippen LogP contribution is 2.37. The molecule has 0 aromatic heterocycles. The molecule has 0 saturated heterocycles. The molecule has 0 aliphatic heterocycles. The van der Waals surface area contributed by atoms with Gasteiger partial charge in [0.05, 0.1) is 5.02 Å². The summed E-state index contributed by atoms with van der Waals surface area (Å²) in [6.45, 7) is 3.39. The Hall–Kier alpha value is -0.800.